The van der Waals surface area contributed by atoms with Crippen molar-refractivity contribution in [1.82, 2.24) is 0 Å². The zero-order valence-electron chi connectivity index (χ0n) is 12.0. The lowest BCUT2D eigenvalue weighted by Crippen LogP contribution is -2.61. The van der Waals surface area contributed by atoms with E-state index in [9.17, 15) is 4.79 Å². The van der Waals surface area contributed by atoms with Gasteiger partial charge in [-0.25, -0.2) is 0 Å². The highest BCUT2D eigenvalue weighted by Crippen LogP contribution is 2.28. The van der Waals surface area contributed by atoms with Crippen LogP contribution in [0.4, 0.5) is 0 Å². The number of carbonyl (C=O) groups excluding carboxylic acids is 1. The second-order valence-electron chi connectivity index (χ2n) is 4.21. The molecule has 7 nitrogen and oxygen atoms in total. The molecule has 0 aromatic carbocycles. The third-order valence-electron chi connectivity index (χ3n) is 3.02. The van der Waals surface area contributed by atoms with E-state index < -0.39 is 30.6 Å². The Kier molecular flexibility index (Phi) is 6.67. The SMILES string of the molecule is COC[C@H]1O[C@@H](OC(C)=O)[C@H](OC)[C@@H](OC)[C@@H]1OC. The number of hydrogen-bond acceptors (Lipinski definition) is 7. The van der Waals surface area contributed by atoms with Crippen molar-refractivity contribution in [2.75, 3.05) is 35.0 Å². The van der Waals surface area contributed by atoms with Gasteiger partial charge in [0.15, 0.2) is 0 Å². The number of hydrogen-bond donors (Lipinski definition) is 0. The van der Waals surface area contributed by atoms with Gasteiger partial charge in [0.1, 0.15) is 24.4 Å². The van der Waals surface area contributed by atoms with Gasteiger partial charge < -0.3 is 28.4 Å². The van der Waals surface area contributed by atoms with E-state index in [1.165, 1.54) is 14.0 Å². The van der Waals surface area contributed by atoms with Crippen LogP contribution in [0.25, 0.3) is 0 Å². The molecule has 19 heavy (non-hydrogen) atoms. The summed E-state index contributed by atoms with van der Waals surface area (Å²) in [5.74, 6) is -0.450. The molecule has 0 amide bonds. The molecule has 1 fully saturated rings. The van der Waals surface area contributed by atoms with Gasteiger partial charge in [-0.2, -0.15) is 0 Å². The van der Waals surface area contributed by atoms with Crippen molar-refractivity contribution >= 4 is 5.97 Å². The van der Waals surface area contributed by atoms with Crippen LogP contribution in [0.3, 0.4) is 0 Å². The Hall–Kier alpha value is -0.730. The van der Waals surface area contributed by atoms with Crippen molar-refractivity contribution in [3.63, 3.8) is 0 Å². The molecule has 1 heterocycles. The Morgan fingerprint density at radius 1 is 1.00 bits per heavy atom. The summed E-state index contributed by atoms with van der Waals surface area (Å²) in [5, 5.41) is 0. The van der Waals surface area contributed by atoms with Crippen LogP contribution in [0.15, 0.2) is 0 Å². The number of ether oxygens (including phenoxy) is 6. The predicted molar refractivity (Wildman–Crippen MR) is 64.7 cm³/mol. The van der Waals surface area contributed by atoms with Gasteiger partial charge in [0, 0.05) is 35.4 Å². The van der Waals surface area contributed by atoms with Crippen LogP contribution in [-0.2, 0) is 33.2 Å². The largest absolute Gasteiger partial charge is 0.433 e. The molecule has 1 aliphatic heterocycles. The topological polar surface area (TPSA) is 72.5 Å². The first-order chi connectivity index (χ1) is 9.08. The van der Waals surface area contributed by atoms with E-state index in [1.54, 1.807) is 21.3 Å². The lowest BCUT2D eigenvalue weighted by molar-refractivity contribution is -0.304. The van der Waals surface area contributed by atoms with Crippen molar-refractivity contribution in [3.05, 3.63) is 0 Å². The summed E-state index contributed by atoms with van der Waals surface area (Å²) in [6.45, 7) is 1.61. The first kappa shape index (κ1) is 16.3. The first-order valence-corrected chi connectivity index (χ1v) is 5.99. The molecule has 1 saturated heterocycles. The van der Waals surface area contributed by atoms with Gasteiger partial charge in [0.25, 0.3) is 0 Å². The number of carbonyl (C=O) groups is 1. The van der Waals surface area contributed by atoms with Crippen molar-refractivity contribution in [2.24, 2.45) is 0 Å². The molecule has 0 N–H and O–H groups in total. The second kappa shape index (κ2) is 7.76. The fourth-order valence-corrected chi connectivity index (χ4v) is 2.24. The summed E-state index contributed by atoms with van der Waals surface area (Å²) in [6, 6.07) is 0. The van der Waals surface area contributed by atoms with E-state index in [4.69, 9.17) is 28.4 Å². The van der Waals surface area contributed by atoms with E-state index in [2.05, 4.69) is 0 Å². The second-order valence-corrected chi connectivity index (χ2v) is 4.21. The van der Waals surface area contributed by atoms with E-state index in [0.29, 0.717) is 6.61 Å². The van der Waals surface area contributed by atoms with Crippen LogP contribution in [-0.4, -0.2) is 71.7 Å². The Balaban J connectivity index is 2.91. The molecule has 1 rings (SSSR count). The molecule has 0 radical (unpaired) electrons. The minimum absolute atomic E-state index is 0.298. The maximum absolute atomic E-state index is 11.1. The van der Waals surface area contributed by atoms with Crippen LogP contribution >= 0.6 is 0 Å². The van der Waals surface area contributed by atoms with Crippen LogP contribution in [0.2, 0.25) is 0 Å². The molecule has 0 saturated carbocycles. The van der Waals surface area contributed by atoms with Crippen molar-refractivity contribution in [3.8, 4) is 0 Å². The van der Waals surface area contributed by atoms with Gasteiger partial charge in [-0.05, 0) is 0 Å². The van der Waals surface area contributed by atoms with E-state index >= 15 is 0 Å². The van der Waals surface area contributed by atoms with Crippen LogP contribution in [0.1, 0.15) is 6.92 Å². The number of esters is 1. The van der Waals surface area contributed by atoms with Crippen LogP contribution in [0, 0.1) is 0 Å². The molecule has 0 bridgehead atoms. The zero-order chi connectivity index (χ0) is 14.4. The summed E-state index contributed by atoms with van der Waals surface area (Å²) in [6.07, 6.45) is -2.61. The molecule has 112 valence electrons. The summed E-state index contributed by atoms with van der Waals surface area (Å²) >= 11 is 0. The maximum Gasteiger partial charge on any atom is 0.305 e. The fraction of sp³-hybridized carbons (Fsp3) is 0.917. The van der Waals surface area contributed by atoms with Crippen molar-refractivity contribution in [1.29, 1.82) is 0 Å². The number of rotatable bonds is 6. The molecule has 0 aromatic heterocycles. The predicted octanol–water partition coefficient (Wildman–Crippen LogP) is -0.0342. The van der Waals surface area contributed by atoms with E-state index in [0.717, 1.165) is 0 Å². The normalized spacial score (nSPS) is 35.1. The Morgan fingerprint density at radius 3 is 2.00 bits per heavy atom. The molecule has 0 aliphatic carbocycles. The zero-order valence-corrected chi connectivity index (χ0v) is 12.0. The van der Waals surface area contributed by atoms with Gasteiger partial charge >= 0.3 is 5.97 Å². The molecular formula is C12H22O7. The van der Waals surface area contributed by atoms with Gasteiger partial charge in [0.2, 0.25) is 6.29 Å². The third-order valence-corrected chi connectivity index (χ3v) is 3.02. The van der Waals surface area contributed by atoms with Crippen LogP contribution in [0.5, 0.6) is 0 Å². The summed E-state index contributed by atoms with van der Waals surface area (Å²) in [4.78, 5) is 11.1. The van der Waals surface area contributed by atoms with E-state index in [-0.39, 0.29) is 6.10 Å². The highest BCUT2D eigenvalue weighted by Gasteiger charge is 2.48. The lowest BCUT2D eigenvalue weighted by Gasteiger charge is -2.43. The Bertz CT molecular complexity index is 283. The van der Waals surface area contributed by atoms with Gasteiger partial charge in [-0.1, -0.05) is 0 Å². The standard InChI is InChI=1S/C12H22O7/c1-7(13)18-12-11(17-5)10(16-4)9(15-3)8(19-12)6-14-2/h8-12H,6H2,1-5H3/t8-,9-,10+,11-,12-/m1/s1. The minimum atomic E-state index is -0.848. The van der Waals surface area contributed by atoms with Gasteiger partial charge in [0.05, 0.1) is 6.61 Å². The Morgan fingerprint density at radius 2 is 1.58 bits per heavy atom. The molecule has 7 heteroatoms. The molecule has 0 spiro atoms. The van der Waals surface area contributed by atoms with Crippen molar-refractivity contribution < 1.29 is 33.2 Å². The summed E-state index contributed by atoms with van der Waals surface area (Å²) in [7, 11) is 6.16. The highest BCUT2D eigenvalue weighted by atomic mass is 16.7. The van der Waals surface area contributed by atoms with Gasteiger partial charge in [-0.15, -0.1) is 0 Å². The lowest BCUT2D eigenvalue weighted by atomic mass is 9.98. The molecule has 0 aromatic rings. The third kappa shape index (κ3) is 3.87. The quantitative estimate of drug-likeness (QED) is 0.631. The van der Waals surface area contributed by atoms with Crippen LogP contribution < -0.4 is 0 Å². The summed E-state index contributed by atoms with van der Waals surface area (Å²) in [5.41, 5.74) is 0. The molecule has 1 aliphatic rings. The molecule has 5 atom stereocenters. The smallest absolute Gasteiger partial charge is 0.305 e. The fourth-order valence-electron chi connectivity index (χ4n) is 2.24. The minimum Gasteiger partial charge on any atom is -0.433 e. The number of methoxy groups -OCH3 is 4. The monoisotopic (exact) mass is 278 g/mol. The average molecular weight is 278 g/mol. The van der Waals surface area contributed by atoms with Crippen molar-refractivity contribution in [2.45, 2.75) is 37.6 Å². The molecule has 0 unspecified atom stereocenters. The first-order valence-electron chi connectivity index (χ1n) is 5.99. The average Bonchev–Trinajstić information content (AvgIpc) is 2.37. The van der Waals surface area contributed by atoms with E-state index in [1.807, 2.05) is 0 Å². The van der Waals surface area contributed by atoms with Gasteiger partial charge in [-0.3, -0.25) is 4.79 Å². The highest BCUT2D eigenvalue weighted by molar-refractivity contribution is 5.66. The Labute approximate surface area is 113 Å². The summed E-state index contributed by atoms with van der Waals surface area (Å²) < 4.78 is 32.0. The maximum atomic E-state index is 11.1. The molecular weight excluding hydrogens is 256 g/mol.